The predicted octanol–water partition coefficient (Wildman–Crippen LogP) is 27.1. The molecule has 0 aliphatic rings. The van der Waals surface area contributed by atoms with Gasteiger partial charge in [0.15, 0.2) is 6.10 Å². The number of unbranched alkanes of at least 4 members (excludes halogenated alkanes) is 35. The Morgan fingerprint density at radius 2 is 0.535 bits per heavy atom. The van der Waals surface area contributed by atoms with E-state index in [0.717, 1.165) is 128 Å². The minimum absolute atomic E-state index is 0.182. The maximum absolute atomic E-state index is 13.0. The number of quaternary nitrogens is 1. The number of esters is 2. The summed E-state index contributed by atoms with van der Waals surface area (Å²) in [5.41, 5.74) is 0. The van der Waals surface area contributed by atoms with Gasteiger partial charge in [0.05, 0.1) is 34.4 Å². The molecule has 0 aromatic heterocycles. The Labute approximate surface area is 623 Å². The van der Waals surface area contributed by atoms with Gasteiger partial charge in [-0.15, -0.1) is 0 Å². The molecule has 0 aliphatic carbocycles. The summed E-state index contributed by atoms with van der Waals surface area (Å²) in [7, 11) is 5.98. The highest BCUT2D eigenvalue weighted by atomic mass is 16.7. The summed E-state index contributed by atoms with van der Waals surface area (Å²) < 4.78 is 23.1. The van der Waals surface area contributed by atoms with Gasteiger partial charge < -0.3 is 28.5 Å². The molecule has 0 rings (SSSR count). The Bertz CT molecular complexity index is 2230. The zero-order chi connectivity index (χ0) is 73.2. The minimum Gasteiger partial charge on any atom is -0.477 e. The minimum atomic E-state index is -1.52. The quantitative estimate of drug-likeness (QED) is 0.0211. The maximum Gasteiger partial charge on any atom is 0.361 e. The van der Waals surface area contributed by atoms with Crippen LogP contribution >= 0.6 is 0 Å². The largest absolute Gasteiger partial charge is 0.477 e. The van der Waals surface area contributed by atoms with Crippen molar-refractivity contribution in [3.05, 3.63) is 158 Å². The summed E-state index contributed by atoms with van der Waals surface area (Å²) in [6.45, 7) is 4.67. The maximum atomic E-state index is 13.0. The normalized spacial score (nSPS) is 13.5. The van der Waals surface area contributed by atoms with Crippen LogP contribution in [0, 0.1) is 0 Å². The molecule has 0 bridgehead atoms. The van der Waals surface area contributed by atoms with Gasteiger partial charge in [-0.3, -0.25) is 9.59 Å². The standard InChI is InChI=1S/C92H155NO8/c1-6-8-10-12-14-16-18-20-22-24-26-28-30-32-34-36-38-40-42-43-44-45-46-47-49-50-52-54-56-58-60-62-64-66-68-70-72-74-76-78-80-82-89(94)99-86-88(87-100-92(91(96)97)98-85-84-93(3,4)5)101-90(95)83-81-79-77-75-73-71-69-67-65-63-61-59-57-55-53-51-48-41-39-37-35-33-31-29-27-25-23-21-19-17-15-13-11-9-7-2/h8-11,14-17,20-23,26-29,32-35,39,41,51,53,57,59,88,92H,6-7,12-13,18-19,24-25,30-31,36-38,40,42-50,52,54-56,58,60-87H2,1-5H3/p+1/b10-8-,11-9-,16-14-,17-15-,22-20-,23-21-,28-26-,29-27-,34-32-,35-33-,41-39-,53-51-,59-57-. The lowest BCUT2D eigenvalue weighted by atomic mass is 10.0. The highest BCUT2D eigenvalue weighted by molar-refractivity contribution is 5.71. The van der Waals surface area contributed by atoms with Crippen LogP contribution in [0.1, 0.15) is 348 Å². The topological polar surface area (TPSA) is 108 Å². The van der Waals surface area contributed by atoms with E-state index in [2.05, 4.69) is 172 Å². The first-order chi connectivity index (χ1) is 49.6. The first-order valence-electron chi connectivity index (χ1n) is 41.6. The summed E-state index contributed by atoms with van der Waals surface area (Å²) in [6.07, 6.45) is 117. The molecule has 0 heterocycles. The summed E-state index contributed by atoms with van der Waals surface area (Å²) in [6, 6.07) is 0. The van der Waals surface area contributed by atoms with E-state index in [0.29, 0.717) is 23.9 Å². The molecule has 0 fully saturated rings. The van der Waals surface area contributed by atoms with Crippen molar-refractivity contribution >= 4 is 17.9 Å². The Kier molecular flexibility index (Phi) is 76.5. The average Bonchev–Trinajstić information content (AvgIpc) is 1.25. The van der Waals surface area contributed by atoms with Crippen molar-refractivity contribution in [3.8, 4) is 0 Å². The monoisotopic (exact) mass is 1400 g/mol. The zero-order valence-electron chi connectivity index (χ0n) is 66.0. The number of hydrogen-bond donors (Lipinski definition) is 1. The van der Waals surface area contributed by atoms with Gasteiger partial charge in [0.1, 0.15) is 13.2 Å². The fourth-order valence-electron chi connectivity index (χ4n) is 11.5. The molecule has 101 heavy (non-hydrogen) atoms. The predicted molar refractivity (Wildman–Crippen MR) is 437 cm³/mol. The number of hydrogen-bond acceptors (Lipinski definition) is 7. The van der Waals surface area contributed by atoms with E-state index >= 15 is 0 Å². The third kappa shape index (κ3) is 82.1. The van der Waals surface area contributed by atoms with E-state index in [1.807, 2.05) is 21.1 Å². The first-order valence-corrected chi connectivity index (χ1v) is 41.6. The number of carbonyl (C=O) groups is 3. The fourth-order valence-corrected chi connectivity index (χ4v) is 11.5. The summed E-state index contributed by atoms with van der Waals surface area (Å²) in [5.74, 6) is -2.00. The van der Waals surface area contributed by atoms with Gasteiger partial charge >= 0.3 is 17.9 Å². The Morgan fingerprint density at radius 3 is 0.792 bits per heavy atom. The van der Waals surface area contributed by atoms with Gasteiger partial charge in [-0.05, 0) is 122 Å². The van der Waals surface area contributed by atoms with E-state index in [1.165, 1.54) is 186 Å². The number of ether oxygens (including phenoxy) is 4. The van der Waals surface area contributed by atoms with Crippen LogP contribution in [0.2, 0.25) is 0 Å². The van der Waals surface area contributed by atoms with Crippen molar-refractivity contribution in [2.24, 2.45) is 0 Å². The molecule has 0 aromatic rings. The van der Waals surface area contributed by atoms with Gasteiger partial charge in [-0.2, -0.15) is 0 Å². The molecule has 0 aliphatic heterocycles. The number of carboxylic acids is 1. The van der Waals surface area contributed by atoms with Crippen LogP contribution in [0.15, 0.2) is 158 Å². The highest BCUT2D eigenvalue weighted by Crippen LogP contribution is 2.19. The molecule has 0 saturated carbocycles. The van der Waals surface area contributed by atoms with E-state index in [1.54, 1.807) is 0 Å². The molecule has 0 amide bonds. The fraction of sp³-hybridized carbons (Fsp3) is 0.685. The van der Waals surface area contributed by atoms with E-state index in [9.17, 15) is 19.5 Å². The van der Waals surface area contributed by atoms with Crippen molar-refractivity contribution < 1.29 is 42.9 Å². The lowest BCUT2D eigenvalue weighted by Gasteiger charge is -2.25. The molecular formula is C92H156NO8+. The number of carboxylic acid groups (broad SMARTS) is 1. The Balaban J connectivity index is 4.02. The van der Waals surface area contributed by atoms with Crippen molar-refractivity contribution in [1.29, 1.82) is 0 Å². The SMILES string of the molecule is CC/C=C\C/C=C\C/C=C\C/C=C\C/C=C\C/C=C\C/C=C\C/C=C\CCCCCCCCCCCCC(=O)OC(COC(=O)CCCCCCCCCCCCCCCCCCCCCCCCCCC/C=C\C/C=C\C/C=C\C/C=C\C/C=C\CC)COC(OCC[N+](C)(C)C)C(=O)O. The second-order valence-corrected chi connectivity index (χ2v) is 28.7. The molecular weight excluding hydrogens is 1250 g/mol. The van der Waals surface area contributed by atoms with Crippen molar-refractivity contribution in [3.63, 3.8) is 0 Å². The Morgan fingerprint density at radius 1 is 0.297 bits per heavy atom. The van der Waals surface area contributed by atoms with Crippen molar-refractivity contribution in [2.45, 2.75) is 360 Å². The molecule has 0 spiro atoms. The van der Waals surface area contributed by atoms with Crippen molar-refractivity contribution in [1.82, 2.24) is 0 Å². The van der Waals surface area contributed by atoms with Crippen LogP contribution < -0.4 is 0 Å². The van der Waals surface area contributed by atoms with E-state index < -0.39 is 24.3 Å². The van der Waals surface area contributed by atoms with Crippen LogP contribution in [0.5, 0.6) is 0 Å². The van der Waals surface area contributed by atoms with E-state index in [-0.39, 0.29) is 32.2 Å². The second kappa shape index (κ2) is 80.6. The molecule has 0 saturated heterocycles. The molecule has 2 unspecified atom stereocenters. The molecule has 9 heteroatoms. The Hall–Kier alpha value is -5.09. The van der Waals surface area contributed by atoms with Gasteiger partial charge in [-0.1, -0.05) is 371 Å². The van der Waals surface area contributed by atoms with Gasteiger partial charge in [-0.25, -0.2) is 4.79 Å². The van der Waals surface area contributed by atoms with Crippen LogP contribution in [-0.2, 0) is 33.3 Å². The van der Waals surface area contributed by atoms with Crippen molar-refractivity contribution in [2.75, 3.05) is 47.5 Å². The number of nitrogens with zero attached hydrogens (tertiary/aromatic N) is 1. The second-order valence-electron chi connectivity index (χ2n) is 28.7. The van der Waals surface area contributed by atoms with Crippen LogP contribution in [0.4, 0.5) is 0 Å². The number of rotatable bonds is 76. The summed E-state index contributed by atoms with van der Waals surface area (Å²) in [4.78, 5) is 37.8. The van der Waals surface area contributed by atoms with Crippen LogP contribution in [0.3, 0.4) is 0 Å². The number of likely N-dealkylation sites (N-methyl/N-ethyl adjacent to an activating group) is 1. The average molecular weight is 1400 g/mol. The molecule has 1 N–H and O–H groups in total. The zero-order valence-corrected chi connectivity index (χ0v) is 66.0. The van der Waals surface area contributed by atoms with Crippen LogP contribution in [-0.4, -0.2) is 87.4 Å². The van der Waals surface area contributed by atoms with Gasteiger partial charge in [0.2, 0.25) is 0 Å². The molecule has 2 atom stereocenters. The lowest BCUT2D eigenvalue weighted by Crippen LogP contribution is -2.40. The summed E-state index contributed by atoms with van der Waals surface area (Å²) >= 11 is 0. The third-order valence-corrected chi connectivity index (χ3v) is 17.8. The number of allylic oxidation sites excluding steroid dienone is 26. The van der Waals surface area contributed by atoms with Gasteiger partial charge in [0.25, 0.3) is 6.29 Å². The lowest BCUT2D eigenvalue weighted by molar-refractivity contribution is -0.870. The number of aliphatic carboxylic acids is 1. The highest BCUT2D eigenvalue weighted by Gasteiger charge is 2.25. The number of carbonyl (C=O) groups excluding carboxylic acids is 2. The molecule has 576 valence electrons. The molecule has 0 radical (unpaired) electrons. The van der Waals surface area contributed by atoms with E-state index in [4.69, 9.17) is 18.9 Å². The molecule has 9 nitrogen and oxygen atoms in total. The smallest absolute Gasteiger partial charge is 0.361 e. The third-order valence-electron chi connectivity index (χ3n) is 17.8. The van der Waals surface area contributed by atoms with Gasteiger partial charge in [0, 0.05) is 12.8 Å². The summed E-state index contributed by atoms with van der Waals surface area (Å²) in [5, 5.41) is 9.78. The molecule has 0 aromatic carbocycles. The first kappa shape index (κ1) is 95.9. The van der Waals surface area contributed by atoms with Crippen LogP contribution in [0.25, 0.3) is 0 Å².